The smallest absolute Gasteiger partial charge is 0.171 e. The van der Waals surface area contributed by atoms with Crippen LogP contribution in [0.1, 0.15) is 11.3 Å². The third kappa shape index (κ3) is 1.62. The maximum atomic E-state index is 8.55. The number of nitriles is 1. The topological polar surface area (TPSA) is 93.4 Å². The zero-order valence-electron chi connectivity index (χ0n) is 8.05. The largest absolute Gasteiger partial charge is 0.382 e. The van der Waals surface area contributed by atoms with Crippen molar-refractivity contribution in [2.45, 2.75) is 6.92 Å². The molecule has 2 rings (SSSR count). The van der Waals surface area contributed by atoms with E-state index in [0.717, 1.165) is 5.56 Å². The van der Waals surface area contributed by atoms with Crippen molar-refractivity contribution < 1.29 is 0 Å². The Bertz CT molecular complexity index is 499. The molecular formula is C9H8N6. The molecule has 0 bridgehead atoms. The molecule has 0 amide bonds. The Hall–Kier alpha value is -2.42. The minimum absolute atomic E-state index is 0.274. The predicted octanol–water partition coefficient (Wildman–Crippen LogP) is 0.425. The lowest BCUT2D eigenvalue weighted by atomic mass is 10.4. The van der Waals surface area contributed by atoms with Crippen molar-refractivity contribution in [2.75, 3.05) is 5.73 Å². The van der Waals surface area contributed by atoms with Crippen LogP contribution in [0.15, 0.2) is 18.6 Å². The van der Waals surface area contributed by atoms with Crippen LogP contribution in [0.3, 0.4) is 0 Å². The van der Waals surface area contributed by atoms with E-state index in [-0.39, 0.29) is 5.69 Å². The van der Waals surface area contributed by atoms with E-state index in [1.54, 1.807) is 6.20 Å². The SMILES string of the molecule is Cc1cn(-c2cnc(C#N)cn2)nc1N. The minimum Gasteiger partial charge on any atom is -0.382 e. The highest BCUT2D eigenvalue weighted by Gasteiger charge is 2.04. The van der Waals surface area contributed by atoms with Crippen molar-refractivity contribution in [1.82, 2.24) is 19.7 Å². The molecule has 0 unspecified atom stereocenters. The van der Waals surface area contributed by atoms with Crippen LogP contribution >= 0.6 is 0 Å². The fourth-order valence-electron chi connectivity index (χ4n) is 1.09. The van der Waals surface area contributed by atoms with Gasteiger partial charge in [-0.1, -0.05) is 0 Å². The summed E-state index contributed by atoms with van der Waals surface area (Å²) in [4.78, 5) is 7.92. The number of hydrogen-bond donors (Lipinski definition) is 1. The van der Waals surface area contributed by atoms with Crippen molar-refractivity contribution in [1.29, 1.82) is 5.26 Å². The Balaban J connectivity index is 2.42. The number of nitrogens with zero attached hydrogens (tertiary/aromatic N) is 5. The molecule has 0 aromatic carbocycles. The van der Waals surface area contributed by atoms with Gasteiger partial charge in [-0.05, 0) is 6.92 Å². The molecule has 0 fully saturated rings. The molecule has 0 saturated heterocycles. The lowest BCUT2D eigenvalue weighted by Gasteiger charge is -1.97. The molecule has 74 valence electrons. The normalized spacial score (nSPS) is 9.87. The molecule has 2 N–H and O–H groups in total. The summed E-state index contributed by atoms with van der Waals surface area (Å²) in [6.45, 7) is 1.86. The maximum absolute atomic E-state index is 8.55. The van der Waals surface area contributed by atoms with E-state index in [9.17, 15) is 0 Å². The number of nitrogens with two attached hydrogens (primary N) is 1. The fourth-order valence-corrected chi connectivity index (χ4v) is 1.09. The van der Waals surface area contributed by atoms with Gasteiger partial charge < -0.3 is 5.73 Å². The van der Waals surface area contributed by atoms with Gasteiger partial charge in [0.1, 0.15) is 11.9 Å². The second-order valence-electron chi connectivity index (χ2n) is 3.01. The van der Waals surface area contributed by atoms with Crippen LogP contribution in [-0.2, 0) is 0 Å². The molecule has 0 aliphatic rings. The van der Waals surface area contributed by atoms with Crippen LogP contribution in [0.5, 0.6) is 0 Å². The van der Waals surface area contributed by atoms with Gasteiger partial charge in [-0.2, -0.15) is 5.26 Å². The van der Waals surface area contributed by atoms with Gasteiger partial charge in [0.05, 0.1) is 12.4 Å². The summed E-state index contributed by atoms with van der Waals surface area (Å²) in [6, 6.07) is 1.89. The van der Waals surface area contributed by atoms with Crippen molar-refractivity contribution in [2.24, 2.45) is 0 Å². The zero-order valence-corrected chi connectivity index (χ0v) is 8.05. The van der Waals surface area contributed by atoms with Gasteiger partial charge in [-0.3, -0.25) is 0 Å². The monoisotopic (exact) mass is 200 g/mol. The van der Waals surface area contributed by atoms with E-state index in [0.29, 0.717) is 11.6 Å². The molecule has 0 saturated carbocycles. The van der Waals surface area contributed by atoms with Gasteiger partial charge in [-0.15, -0.1) is 5.10 Å². The molecule has 0 radical (unpaired) electrons. The van der Waals surface area contributed by atoms with Crippen LogP contribution in [0.4, 0.5) is 5.82 Å². The van der Waals surface area contributed by atoms with E-state index >= 15 is 0 Å². The summed E-state index contributed by atoms with van der Waals surface area (Å²) in [5, 5.41) is 12.6. The second kappa shape index (κ2) is 3.38. The second-order valence-corrected chi connectivity index (χ2v) is 3.01. The Morgan fingerprint density at radius 1 is 1.40 bits per heavy atom. The Kier molecular flexibility index (Phi) is 2.06. The van der Waals surface area contributed by atoms with Gasteiger partial charge in [-0.25, -0.2) is 14.6 Å². The molecular weight excluding hydrogens is 192 g/mol. The lowest BCUT2D eigenvalue weighted by molar-refractivity contribution is 0.840. The van der Waals surface area contributed by atoms with Gasteiger partial charge in [0, 0.05) is 11.8 Å². The van der Waals surface area contributed by atoms with Gasteiger partial charge in [0.25, 0.3) is 0 Å². The fraction of sp³-hybridized carbons (Fsp3) is 0.111. The Morgan fingerprint density at radius 2 is 2.20 bits per heavy atom. The summed E-state index contributed by atoms with van der Waals surface area (Å²) in [5.41, 5.74) is 6.75. The van der Waals surface area contributed by atoms with Crippen molar-refractivity contribution >= 4 is 5.82 Å². The number of aryl methyl sites for hydroxylation is 1. The molecule has 0 atom stereocenters. The van der Waals surface area contributed by atoms with Crippen LogP contribution in [-0.4, -0.2) is 19.7 Å². The first-order valence-electron chi connectivity index (χ1n) is 4.25. The first-order chi connectivity index (χ1) is 7.20. The molecule has 0 aliphatic carbocycles. The number of hydrogen-bond acceptors (Lipinski definition) is 5. The standard InChI is InChI=1S/C9H8N6/c1-6-5-15(14-9(6)11)8-4-12-7(2-10)3-13-8/h3-5H,1H3,(H2,11,14). The summed E-state index contributed by atoms with van der Waals surface area (Å²) < 4.78 is 1.53. The van der Waals surface area contributed by atoms with Crippen LogP contribution in [0, 0.1) is 18.3 Å². The number of nitrogen functional groups attached to an aromatic ring is 1. The molecule has 2 aromatic heterocycles. The van der Waals surface area contributed by atoms with Crippen molar-refractivity contribution in [3.63, 3.8) is 0 Å². The maximum Gasteiger partial charge on any atom is 0.171 e. The molecule has 0 spiro atoms. The van der Waals surface area contributed by atoms with Crippen LogP contribution < -0.4 is 5.73 Å². The summed E-state index contributed by atoms with van der Waals surface area (Å²) in [6.07, 6.45) is 4.62. The molecule has 2 aromatic rings. The first kappa shape index (κ1) is 9.15. The molecule has 15 heavy (non-hydrogen) atoms. The van der Waals surface area contributed by atoms with E-state index < -0.39 is 0 Å². The molecule has 0 aliphatic heterocycles. The molecule has 6 heteroatoms. The predicted molar refractivity (Wildman–Crippen MR) is 53.0 cm³/mol. The highest BCUT2D eigenvalue weighted by atomic mass is 15.3. The van der Waals surface area contributed by atoms with E-state index in [2.05, 4.69) is 15.1 Å². The van der Waals surface area contributed by atoms with Crippen LogP contribution in [0.2, 0.25) is 0 Å². The summed E-state index contributed by atoms with van der Waals surface area (Å²) >= 11 is 0. The van der Waals surface area contributed by atoms with Crippen LogP contribution in [0.25, 0.3) is 5.82 Å². The Labute approximate surface area is 86.0 Å². The average molecular weight is 200 g/mol. The number of aromatic nitrogens is 4. The van der Waals surface area contributed by atoms with Gasteiger partial charge in [0.15, 0.2) is 11.5 Å². The Morgan fingerprint density at radius 3 is 2.67 bits per heavy atom. The highest BCUT2D eigenvalue weighted by molar-refractivity contribution is 5.38. The summed E-state index contributed by atoms with van der Waals surface area (Å²) in [7, 11) is 0. The zero-order chi connectivity index (χ0) is 10.8. The third-order valence-corrected chi connectivity index (χ3v) is 1.92. The highest BCUT2D eigenvalue weighted by Crippen LogP contribution is 2.10. The van der Waals surface area contributed by atoms with Gasteiger partial charge in [0.2, 0.25) is 0 Å². The van der Waals surface area contributed by atoms with Gasteiger partial charge >= 0.3 is 0 Å². The van der Waals surface area contributed by atoms with E-state index in [1.807, 2.05) is 13.0 Å². The van der Waals surface area contributed by atoms with E-state index in [1.165, 1.54) is 17.1 Å². The summed E-state index contributed by atoms with van der Waals surface area (Å²) in [5.74, 6) is 0.995. The minimum atomic E-state index is 0.274. The van der Waals surface area contributed by atoms with Crippen molar-refractivity contribution in [3.8, 4) is 11.9 Å². The first-order valence-corrected chi connectivity index (χ1v) is 4.25. The molecule has 6 nitrogen and oxygen atoms in total. The third-order valence-electron chi connectivity index (χ3n) is 1.92. The van der Waals surface area contributed by atoms with E-state index in [4.69, 9.17) is 11.0 Å². The lowest BCUT2D eigenvalue weighted by Crippen LogP contribution is -2.00. The number of rotatable bonds is 1. The molecule has 2 heterocycles. The number of anilines is 1. The quantitative estimate of drug-likeness (QED) is 0.720. The van der Waals surface area contributed by atoms with Crippen molar-refractivity contribution in [3.05, 3.63) is 29.8 Å². The average Bonchev–Trinajstić information content (AvgIpc) is 2.59.